The van der Waals surface area contributed by atoms with E-state index in [4.69, 9.17) is 16.0 Å². The highest BCUT2D eigenvalue weighted by Crippen LogP contribution is 2.21. The van der Waals surface area contributed by atoms with Crippen LogP contribution in [-0.4, -0.2) is 25.7 Å². The summed E-state index contributed by atoms with van der Waals surface area (Å²) in [5.74, 6) is -0.129. The first kappa shape index (κ1) is 18.3. The number of carbonyl (C=O) groups excluding carboxylic acids is 1. The van der Waals surface area contributed by atoms with Gasteiger partial charge in [-0.1, -0.05) is 47.6 Å². The molecule has 0 bridgehead atoms. The number of amides is 1. The topological polar surface area (TPSA) is 106 Å². The fraction of sp³-hybridized carbons (Fsp3) is 0.111. The number of fused-ring (bicyclic) bond motifs is 1. The minimum absolute atomic E-state index is 0.191. The third-order valence-corrected chi connectivity index (χ3v) is 5.05. The highest BCUT2D eigenvalue weighted by Gasteiger charge is 2.14. The van der Waals surface area contributed by atoms with Crippen LogP contribution in [0.3, 0.4) is 0 Å². The van der Waals surface area contributed by atoms with Gasteiger partial charge in [-0.2, -0.15) is 4.98 Å². The Bertz CT molecular complexity index is 1180. The molecule has 8 nitrogen and oxygen atoms in total. The van der Waals surface area contributed by atoms with Gasteiger partial charge < -0.3 is 4.42 Å². The first-order chi connectivity index (χ1) is 13.6. The van der Waals surface area contributed by atoms with Crippen molar-refractivity contribution in [2.45, 2.75) is 17.5 Å². The highest BCUT2D eigenvalue weighted by atomic mass is 35.5. The second-order valence-electron chi connectivity index (χ2n) is 5.85. The van der Waals surface area contributed by atoms with Gasteiger partial charge in [0, 0.05) is 10.8 Å². The summed E-state index contributed by atoms with van der Waals surface area (Å²) in [5.41, 5.74) is 2.07. The van der Waals surface area contributed by atoms with Gasteiger partial charge in [-0.3, -0.25) is 14.7 Å². The number of aromatic nitrogens is 4. The van der Waals surface area contributed by atoms with Crippen molar-refractivity contribution in [2.75, 3.05) is 5.32 Å². The summed E-state index contributed by atoms with van der Waals surface area (Å²) in [6, 6.07) is 14.4. The van der Waals surface area contributed by atoms with Crippen molar-refractivity contribution in [1.29, 1.82) is 0 Å². The summed E-state index contributed by atoms with van der Waals surface area (Å²) in [5, 5.41) is 10.5. The minimum Gasteiger partial charge on any atom is -0.408 e. The zero-order valence-corrected chi connectivity index (χ0v) is 16.0. The van der Waals surface area contributed by atoms with E-state index in [0.29, 0.717) is 27.0 Å². The van der Waals surface area contributed by atoms with Gasteiger partial charge in [-0.15, -0.1) is 5.10 Å². The number of hydrogen-bond donors (Lipinski definition) is 2. The first-order valence-electron chi connectivity index (χ1n) is 8.26. The van der Waals surface area contributed by atoms with E-state index in [-0.39, 0.29) is 12.5 Å². The van der Waals surface area contributed by atoms with Gasteiger partial charge in [0.1, 0.15) is 6.54 Å². The van der Waals surface area contributed by atoms with Crippen molar-refractivity contribution in [1.82, 2.24) is 19.7 Å². The number of anilines is 1. The second kappa shape index (κ2) is 7.91. The van der Waals surface area contributed by atoms with E-state index in [0.717, 1.165) is 5.56 Å². The van der Waals surface area contributed by atoms with Gasteiger partial charge >= 0.3 is 5.76 Å². The van der Waals surface area contributed by atoms with Crippen LogP contribution in [0.4, 0.5) is 5.95 Å². The number of aromatic amines is 1. The number of thioether (sulfide) groups is 1. The fourth-order valence-corrected chi connectivity index (χ4v) is 3.45. The zero-order chi connectivity index (χ0) is 19.5. The van der Waals surface area contributed by atoms with Gasteiger partial charge in [0.25, 0.3) is 0 Å². The fourth-order valence-electron chi connectivity index (χ4n) is 2.57. The second-order valence-corrected chi connectivity index (χ2v) is 7.23. The van der Waals surface area contributed by atoms with E-state index in [1.54, 1.807) is 24.3 Å². The van der Waals surface area contributed by atoms with Crippen molar-refractivity contribution in [3.8, 4) is 0 Å². The maximum Gasteiger partial charge on any atom is 0.420 e. The van der Waals surface area contributed by atoms with Crippen LogP contribution in [0.15, 0.2) is 62.9 Å². The van der Waals surface area contributed by atoms with Crippen LogP contribution in [0, 0.1) is 0 Å². The lowest BCUT2D eigenvalue weighted by Crippen LogP contribution is -2.25. The predicted octanol–water partition coefficient (Wildman–Crippen LogP) is 3.30. The molecule has 28 heavy (non-hydrogen) atoms. The molecule has 2 aromatic carbocycles. The summed E-state index contributed by atoms with van der Waals surface area (Å²) in [4.78, 5) is 28.4. The number of para-hydroxylation sites is 2. The number of halogens is 1. The Balaban J connectivity index is 1.38. The number of nitrogens with one attached hydrogen (secondary N) is 2. The quantitative estimate of drug-likeness (QED) is 0.468. The molecular formula is C18H14ClN5O3S. The number of nitrogens with zero attached hydrogens (tertiary/aromatic N) is 3. The lowest BCUT2D eigenvalue weighted by molar-refractivity contribution is -0.116. The molecular weight excluding hydrogens is 402 g/mol. The van der Waals surface area contributed by atoms with E-state index in [9.17, 15) is 9.59 Å². The van der Waals surface area contributed by atoms with E-state index in [1.807, 2.05) is 24.3 Å². The molecule has 0 saturated carbocycles. The molecule has 142 valence electrons. The maximum atomic E-state index is 12.3. The molecule has 0 fully saturated rings. The number of carbonyl (C=O) groups is 1. The molecule has 2 heterocycles. The molecule has 4 rings (SSSR count). The van der Waals surface area contributed by atoms with Crippen LogP contribution in [0.1, 0.15) is 5.56 Å². The molecule has 2 aromatic heterocycles. The Morgan fingerprint density at radius 3 is 2.82 bits per heavy atom. The van der Waals surface area contributed by atoms with E-state index >= 15 is 0 Å². The predicted molar refractivity (Wildman–Crippen MR) is 106 cm³/mol. The summed E-state index contributed by atoms with van der Waals surface area (Å²) >= 11 is 7.29. The summed E-state index contributed by atoms with van der Waals surface area (Å²) < 4.78 is 6.38. The lowest BCUT2D eigenvalue weighted by Gasteiger charge is -2.02. The van der Waals surface area contributed by atoms with Crippen LogP contribution in [0.5, 0.6) is 0 Å². The summed E-state index contributed by atoms with van der Waals surface area (Å²) in [6.07, 6.45) is 0. The minimum atomic E-state index is -0.590. The van der Waals surface area contributed by atoms with E-state index in [1.165, 1.54) is 16.3 Å². The standard InChI is InChI=1S/C18H14ClN5O3S/c19-12-7-5-11(6-8-12)10-28-17-21-16(22-23-17)20-15(25)9-24-13-3-1-2-4-14(13)27-18(24)26/h1-8H,9-10H2,(H2,20,21,22,23,25). The largest absolute Gasteiger partial charge is 0.420 e. The van der Waals surface area contributed by atoms with Crippen LogP contribution in [0.25, 0.3) is 11.1 Å². The molecule has 0 aliphatic rings. The molecule has 0 radical (unpaired) electrons. The number of benzene rings is 2. The molecule has 0 atom stereocenters. The van der Waals surface area contributed by atoms with Gasteiger partial charge in [0.2, 0.25) is 17.0 Å². The van der Waals surface area contributed by atoms with Gasteiger partial charge in [-0.05, 0) is 29.8 Å². The summed E-state index contributed by atoms with van der Waals surface area (Å²) in [7, 11) is 0. The van der Waals surface area contributed by atoms with Crippen LogP contribution >= 0.6 is 23.4 Å². The normalized spacial score (nSPS) is 11.0. The number of rotatable bonds is 6. The van der Waals surface area contributed by atoms with Crippen LogP contribution < -0.4 is 11.1 Å². The molecule has 10 heteroatoms. The van der Waals surface area contributed by atoms with Crippen molar-refractivity contribution >= 4 is 46.3 Å². The third kappa shape index (κ3) is 4.10. The van der Waals surface area contributed by atoms with Gasteiger partial charge in [0.05, 0.1) is 5.52 Å². The zero-order valence-electron chi connectivity index (χ0n) is 14.4. The van der Waals surface area contributed by atoms with Crippen LogP contribution in [-0.2, 0) is 17.1 Å². The number of H-pyrrole nitrogens is 1. The van der Waals surface area contributed by atoms with Gasteiger partial charge in [0.15, 0.2) is 5.58 Å². The molecule has 0 spiro atoms. The number of oxazole rings is 1. The Kier molecular flexibility index (Phi) is 5.18. The van der Waals surface area contributed by atoms with E-state index < -0.39 is 11.7 Å². The SMILES string of the molecule is O=C(Cn1c(=O)oc2ccccc21)Nc1nc(SCc2ccc(Cl)cc2)n[nH]1. The molecule has 0 aliphatic heterocycles. The molecule has 2 N–H and O–H groups in total. The molecule has 1 amide bonds. The monoisotopic (exact) mass is 415 g/mol. The lowest BCUT2D eigenvalue weighted by atomic mass is 10.2. The Labute approximate surface area is 167 Å². The Hall–Kier alpha value is -3.04. The molecule has 0 saturated heterocycles. The van der Waals surface area contributed by atoms with Crippen LogP contribution in [0.2, 0.25) is 5.02 Å². The smallest absolute Gasteiger partial charge is 0.408 e. The Morgan fingerprint density at radius 2 is 2.00 bits per heavy atom. The maximum absolute atomic E-state index is 12.3. The van der Waals surface area contributed by atoms with E-state index in [2.05, 4.69) is 20.5 Å². The van der Waals surface area contributed by atoms with Crippen molar-refractivity contribution < 1.29 is 9.21 Å². The third-order valence-electron chi connectivity index (χ3n) is 3.88. The Morgan fingerprint density at radius 1 is 1.21 bits per heavy atom. The van der Waals surface area contributed by atoms with Crippen molar-refractivity contribution in [2.24, 2.45) is 0 Å². The molecule has 0 aliphatic carbocycles. The van der Waals surface area contributed by atoms with Crippen molar-refractivity contribution in [3.05, 3.63) is 69.7 Å². The first-order valence-corrected chi connectivity index (χ1v) is 9.63. The summed E-state index contributed by atoms with van der Waals surface area (Å²) in [6.45, 7) is -0.191. The highest BCUT2D eigenvalue weighted by molar-refractivity contribution is 7.98. The van der Waals surface area contributed by atoms with Crippen molar-refractivity contribution in [3.63, 3.8) is 0 Å². The van der Waals surface area contributed by atoms with Gasteiger partial charge in [-0.25, -0.2) is 9.89 Å². The molecule has 0 unspecified atom stereocenters. The number of hydrogen-bond acceptors (Lipinski definition) is 6. The molecule has 4 aromatic rings. The average molecular weight is 416 g/mol. The average Bonchev–Trinajstić information content (AvgIpc) is 3.25.